The van der Waals surface area contributed by atoms with E-state index >= 15 is 0 Å². The summed E-state index contributed by atoms with van der Waals surface area (Å²) in [7, 11) is 0. The van der Waals surface area contributed by atoms with Gasteiger partial charge < -0.3 is 11.1 Å². The summed E-state index contributed by atoms with van der Waals surface area (Å²) in [6, 6.07) is 5.27. The smallest absolute Gasteiger partial charge is 0.384 e. The highest BCUT2D eigenvalue weighted by atomic mass is 79.9. The summed E-state index contributed by atoms with van der Waals surface area (Å²) in [4.78, 5) is 7.93. The molecule has 1 heterocycles. The van der Waals surface area contributed by atoms with Crippen LogP contribution in [-0.4, -0.2) is 9.97 Å². The first-order valence-electron chi connectivity index (χ1n) is 5.50. The molecule has 1 aromatic heterocycles. The van der Waals surface area contributed by atoms with Gasteiger partial charge >= 0.3 is 6.18 Å². The van der Waals surface area contributed by atoms with E-state index < -0.39 is 11.7 Å². The van der Waals surface area contributed by atoms with Gasteiger partial charge in [0.25, 0.3) is 0 Å². The molecule has 106 valence electrons. The van der Waals surface area contributed by atoms with Crippen molar-refractivity contribution < 1.29 is 13.2 Å². The van der Waals surface area contributed by atoms with Gasteiger partial charge in [0.05, 0.1) is 5.56 Å². The van der Waals surface area contributed by atoms with Gasteiger partial charge in [-0.3, -0.25) is 0 Å². The van der Waals surface area contributed by atoms with Gasteiger partial charge in [0.2, 0.25) is 0 Å². The SMILES string of the molecule is Cc1nc(N)cc(Nc2ccc(Br)c(C(F)(F)F)c2)n1. The number of nitrogens with zero attached hydrogens (tertiary/aromatic N) is 2. The average molecular weight is 347 g/mol. The first kappa shape index (κ1) is 14.6. The minimum atomic E-state index is -4.43. The van der Waals surface area contributed by atoms with Crippen LogP contribution >= 0.6 is 15.9 Å². The van der Waals surface area contributed by atoms with Gasteiger partial charge in [-0.05, 0) is 25.1 Å². The molecule has 0 radical (unpaired) electrons. The van der Waals surface area contributed by atoms with Crippen LogP contribution in [0.4, 0.5) is 30.5 Å². The van der Waals surface area contributed by atoms with Crippen LogP contribution < -0.4 is 11.1 Å². The highest BCUT2D eigenvalue weighted by molar-refractivity contribution is 9.10. The third-order valence-corrected chi connectivity index (χ3v) is 3.09. The summed E-state index contributed by atoms with van der Waals surface area (Å²) in [6.07, 6.45) is -4.43. The first-order valence-corrected chi connectivity index (χ1v) is 6.30. The van der Waals surface area contributed by atoms with Crippen molar-refractivity contribution in [3.05, 3.63) is 40.1 Å². The molecule has 0 amide bonds. The Labute approximate surface area is 121 Å². The van der Waals surface area contributed by atoms with Crippen molar-refractivity contribution in [1.82, 2.24) is 9.97 Å². The maximum atomic E-state index is 12.8. The third kappa shape index (κ3) is 3.38. The topological polar surface area (TPSA) is 63.8 Å². The number of anilines is 3. The van der Waals surface area contributed by atoms with E-state index in [1.807, 2.05) is 0 Å². The summed E-state index contributed by atoms with van der Waals surface area (Å²) in [6.45, 7) is 1.64. The number of aromatic nitrogens is 2. The second-order valence-corrected chi connectivity index (χ2v) is 4.90. The van der Waals surface area contributed by atoms with E-state index in [0.29, 0.717) is 11.6 Å². The molecule has 0 aliphatic rings. The Bertz CT molecular complexity index is 623. The quantitative estimate of drug-likeness (QED) is 0.865. The van der Waals surface area contributed by atoms with Crippen molar-refractivity contribution in [2.75, 3.05) is 11.1 Å². The van der Waals surface area contributed by atoms with Crippen LogP contribution in [0.25, 0.3) is 0 Å². The monoisotopic (exact) mass is 346 g/mol. The summed E-state index contributed by atoms with van der Waals surface area (Å²) >= 11 is 2.88. The highest BCUT2D eigenvalue weighted by Crippen LogP contribution is 2.36. The Morgan fingerprint density at radius 3 is 2.50 bits per heavy atom. The fourth-order valence-corrected chi connectivity index (χ4v) is 2.09. The lowest BCUT2D eigenvalue weighted by molar-refractivity contribution is -0.138. The predicted octanol–water partition coefficient (Wildman–Crippen LogP) is 3.89. The predicted molar refractivity (Wildman–Crippen MR) is 73.6 cm³/mol. The molecule has 2 aromatic rings. The highest BCUT2D eigenvalue weighted by Gasteiger charge is 2.33. The molecule has 0 saturated heterocycles. The van der Waals surface area contributed by atoms with Gasteiger partial charge in [0, 0.05) is 16.2 Å². The van der Waals surface area contributed by atoms with Crippen LogP contribution in [0.5, 0.6) is 0 Å². The fraction of sp³-hybridized carbons (Fsp3) is 0.167. The number of hydrogen-bond acceptors (Lipinski definition) is 4. The molecule has 1 aromatic carbocycles. The second-order valence-electron chi connectivity index (χ2n) is 4.04. The molecule has 0 spiro atoms. The van der Waals surface area contributed by atoms with Gasteiger partial charge in [-0.2, -0.15) is 13.2 Å². The largest absolute Gasteiger partial charge is 0.417 e. The average Bonchev–Trinajstić information content (AvgIpc) is 2.29. The molecule has 0 bridgehead atoms. The van der Waals surface area contributed by atoms with E-state index in [4.69, 9.17) is 5.73 Å². The zero-order chi connectivity index (χ0) is 14.9. The molecular weight excluding hydrogens is 337 g/mol. The van der Waals surface area contributed by atoms with Crippen molar-refractivity contribution >= 4 is 33.3 Å². The Morgan fingerprint density at radius 2 is 1.90 bits per heavy atom. The standard InChI is InChI=1S/C12H10BrF3N4/c1-6-18-10(17)5-11(19-6)20-7-2-3-9(13)8(4-7)12(14,15)16/h2-5H,1H3,(H3,17,18,19,20). The van der Waals surface area contributed by atoms with Crippen LogP contribution in [0.2, 0.25) is 0 Å². The second kappa shape index (κ2) is 5.28. The molecule has 0 atom stereocenters. The molecule has 0 aliphatic carbocycles. The van der Waals surface area contributed by atoms with Gasteiger partial charge in [0.1, 0.15) is 17.5 Å². The lowest BCUT2D eigenvalue weighted by Gasteiger charge is -2.12. The van der Waals surface area contributed by atoms with E-state index in [0.717, 1.165) is 6.07 Å². The molecule has 0 aliphatic heterocycles. The zero-order valence-electron chi connectivity index (χ0n) is 10.3. The molecule has 2 rings (SSSR count). The molecule has 20 heavy (non-hydrogen) atoms. The van der Waals surface area contributed by atoms with Crippen molar-refractivity contribution in [3.8, 4) is 0 Å². The van der Waals surface area contributed by atoms with Crippen molar-refractivity contribution in [1.29, 1.82) is 0 Å². The van der Waals surface area contributed by atoms with E-state index in [-0.39, 0.29) is 16.0 Å². The fourth-order valence-electron chi connectivity index (χ4n) is 1.62. The minimum Gasteiger partial charge on any atom is -0.384 e. The Kier molecular flexibility index (Phi) is 3.85. The number of nitrogen functional groups attached to an aromatic ring is 1. The molecule has 8 heteroatoms. The Morgan fingerprint density at radius 1 is 1.20 bits per heavy atom. The number of aryl methyl sites for hydroxylation is 1. The van der Waals surface area contributed by atoms with Crippen LogP contribution in [0.1, 0.15) is 11.4 Å². The van der Waals surface area contributed by atoms with Crippen LogP contribution in [0.15, 0.2) is 28.7 Å². The van der Waals surface area contributed by atoms with Gasteiger partial charge in [-0.1, -0.05) is 15.9 Å². The number of alkyl halides is 3. The number of rotatable bonds is 2. The van der Waals surface area contributed by atoms with E-state index in [9.17, 15) is 13.2 Å². The van der Waals surface area contributed by atoms with Crippen molar-refractivity contribution in [3.63, 3.8) is 0 Å². The summed E-state index contributed by atoms with van der Waals surface area (Å²) in [5.41, 5.74) is 5.06. The third-order valence-electron chi connectivity index (χ3n) is 2.40. The summed E-state index contributed by atoms with van der Waals surface area (Å²) < 4.78 is 38.4. The normalized spacial score (nSPS) is 11.4. The molecule has 0 fully saturated rings. The summed E-state index contributed by atoms with van der Waals surface area (Å²) in [5.74, 6) is 1.01. The number of benzene rings is 1. The first-order chi connectivity index (χ1) is 9.25. The molecule has 0 unspecified atom stereocenters. The Balaban J connectivity index is 2.35. The van der Waals surface area contributed by atoms with Crippen molar-refractivity contribution in [2.24, 2.45) is 0 Å². The zero-order valence-corrected chi connectivity index (χ0v) is 11.9. The van der Waals surface area contributed by atoms with E-state index in [1.54, 1.807) is 6.92 Å². The maximum absolute atomic E-state index is 12.8. The maximum Gasteiger partial charge on any atom is 0.417 e. The summed E-state index contributed by atoms with van der Waals surface area (Å²) in [5, 5.41) is 2.77. The van der Waals surface area contributed by atoms with Crippen LogP contribution in [-0.2, 0) is 6.18 Å². The van der Waals surface area contributed by atoms with Crippen molar-refractivity contribution in [2.45, 2.75) is 13.1 Å². The molecule has 3 N–H and O–H groups in total. The van der Waals surface area contributed by atoms with Gasteiger partial charge in [-0.25, -0.2) is 9.97 Å². The molecule has 0 saturated carbocycles. The Hall–Kier alpha value is -1.83. The van der Waals surface area contributed by atoms with E-state index in [1.165, 1.54) is 18.2 Å². The number of halogens is 4. The molecular formula is C12H10BrF3N4. The molecule has 4 nitrogen and oxygen atoms in total. The van der Waals surface area contributed by atoms with Crippen LogP contribution in [0, 0.1) is 6.92 Å². The number of nitrogens with two attached hydrogens (primary N) is 1. The van der Waals surface area contributed by atoms with Crippen LogP contribution in [0.3, 0.4) is 0 Å². The minimum absolute atomic E-state index is 0.0195. The number of hydrogen-bond donors (Lipinski definition) is 2. The lowest BCUT2D eigenvalue weighted by Crippen LogP contribution is -2.07. The van der Waals surface area contributed by atoms with E-state index in [2.05, 4.69) is 31.2 Å². The van der Waals surface area contributed by atoms with Gasteiger partial charge in [0.15, 0.2) is 0 Å². The number of nitrogens with one attached hydrogen (secondary N) is 1. The lowest BCUT2D eigenvalue weighted by atomic mass is 10.2. The van der Waals surface area contributed by atoms with Gasteiger partial charge in [-0.15, -0.1) is 0 Å².